The number of fused-ring (bicyclic) bond motifs is 1. The fraction of sp³-hybridized carbons (Fsp3) is 0.278. The third kappa shape index (κ3) is 3.19. The summed E-state index contributed by atoms with van der Waals surface area (Å²) < 4.78 is 46.1. The van der Waals surface area contributed by atoms with E-state index in [0.717, 1.165) is 5.56 Å². The van der Waals surface area contributed by atoms with E-state index in [0.29, 0.717) is 0 Å². The molecule has 1 aliphatic heterocycles. The van der Waals surface area contributed by atoms with E-state index in [4.69, 9.17) is 4.74 Å². The average molecular weight is 351 g/mol. The van der Waals surface area contributed by atoms with Gasteiger partial charge in [-0.05, 0) is 23.6 Å². The maximum atomic E-state index is 13.5. The molecule has 2 aromatic carbocycles. The van der Waals surface area contributed by atoms with Crippen molar-refractivity contribution in [1.82, 2.24) is 5.32 Å². The lowest BCUT2D eigenvalue weighted by Crippen LogP contribution is -2.17. The highest BCUT2D eigenvalue weighted by molar-refractivity contribution is 5.94. The number of benzene rings is 2. The van der Waals surface area contributed by atoms with Crippen molar-refractivity contribution in [2.45, 2.75) is 32.8 Å². The zero-order valence-corrected chi connectivity index (χ0v) is 13.4. The minimum Gasteiger partial charge on any atom is -0.488 e. The van der Waals surface area contributed by atoms with Crippen molar-refractivity contribution in [2.24, 2.45) is 0 Å². The Hall–Kier alpha value is -2.54. The second kappa shape index (κ2) is 6.40. The van der Waals surface area contributed by atoms with E-state index in [1.54, 1.807) is 24.3 Å². The lowest BCUT2D eigenvalue weighted by Gasteiger charge is -2.21. The molecule has 25 heavy (non-hydrogen) atoms. The molecule has 7 heteroatoms. The van der Waals surface area contributed by atoms with Crippen LogP contribution in [0, 0.1) is 6.92 Å². The van der Waals surface area contributed by atoms with Crippen LogP contribution >= 0.6 is 0 Å². The highest BCUT2D eigenvalue weighted by Crippen LogP contribution is 2.44. The van der Waals surface area contributed by atoms with Gasteiger partial charge in [0, 0.05) is 18.7 Å². The number of hydrogen-bond acceptors (Lipinski definition) is 3. The SMILES string of the molecule is Cc1c(C(=O)O)c(OCc2ccccc2)c2c(c1C(F)(F)F)CNC2. The Morgan fingerprint density at radius 3 is 2.44 bits per heavy atom. The summed E-state index contributed by atoms with van der Waals surface area (Å²) in [7, 11) is 0. The van der Waals surface area contributed by atoms with Gasteiger partial charge in [0.1, 0.15) is 17.9 Å². The van der Waals surface area contributed by atoms with E-state index < -0.39 is 23.3 Å². The molecule has 0 radical (unpaired) electrons. The Morgan fingerprint density at radius 1 is 1.20 bits per heavy atom. The third-order valence-electron chi connectivity index (χ3n) is 4.24. The number of ether oxygens (including phenoxy) is 1. The van der Waals surface area contributed by atoms with Crippen LogP contribution in [-0.2, 0) is 25.9 Å². The highest BCUT2D eigenvalue weighted by Gasteiger charge is 2.41. The first-order valence-corrected chi connectivity index (χ1v) is 7.67. The smallest absolute Gasteiger partial charge is 0.417 e. The van der Waals surface area contributed by atoms with Gasteiger partial charge in [0.25, 0.3) is 0 Å². The zero-order chi connectivity index (χ0) is 18.2. The van der Waals surface area contributed by atoms with Crippen LogP contribution in [0.25, 0.3) is 0 Å². The normalized spacial score (nSPS) is 13.6. The number of carbonyl (C=O) groups is 1. The molecule has 0 fully saturated rings. The van der Waals surface area contributed by atoms with Crippen LogP contribution in [0.2, 0.25) is 0 Å². The van der Waals surface area contributed by atoms with Crippen LogP contribution in [0.4, 0.5) is 13.2 Å². The van der Waals surface area contributed by atoms with E-state index in [9.17, 15) is 23.1 Å². The molecule has 2 N–H and O–H groups in total. The maximum Gasteiger partial charge on any atom is 0.417 e. The van der Waals surface area contributed by atoms with Gasteiger partial charge in [0.15, 0.2) is 0 Å². The molecule has 4 nitrogen and oxygen atoms in total. The molecule has 132 valence electrons. The molecule has 0 aliphatic carbocycles. The molecule has 1 aliphatic rings. The molecule has 0 saturated heterocycles. The van der Waals surface area contributed by atoms with E-state index in [1.165, 1.54) is 6.92 Å². The summed E-state index contributed by atoms with van der Waals surface area (Å²) >= 11 is 0. The fourth-order valence-corrected chi connectivity index (χ4v) is 3.19. The summed E-state index contributed by atoms with van der Waals surface area (Å²) in [5.74, 6) is -1.41. The molecule has 0 amide bonds. The number of alkyl halides is 3. The number of halogens is 3. The zero-order valence-electron chi connectivity index (χ0n) is 13.4. The fourth-order valence-electron chi connectivity index (χ4n) is 3.19. The van der Waals surface area contributed by atoms with Crippen LogP contribution in [0.15, 0.2) is 30.3 Å². The van der Waals surface area contributed by atoms with Crippen molar-refractivity contribution in [3.63, 3.8) is 0 Å². The van der Waals surface area contributed by atoms with Gasteiger partial charge < -0.3 is 15.2 Å². The maximum absolute atomic E-state index is 13.5. The Morgan fingerprint density at radius 2 is 1.84 bits per heavy atom. The Labute approximate surface area is 142 Å². The molecule has 0 unspecified atom stereocenters. The average Bonchev–Trinajstić information content (AvgIpc) is 3.00. The van der Waals surface area contributed by atoms with Gasteiger partial charge in [-0.1, -0.05) is 30.3 Å². The first-order valence-electron chi connectivity index (χ1n) is 7.67. The number of carboxylic acids is 1. The Balaban J connectivity index is 2.13. The molecule has 2 aromatic rings. The quantitative estimate of drug-likeness (QED) is 0.877. The number of aromatic carboxylic acids is 1. The molecule has 3 rings (SSSR count). The second-order valence-electron chi connectivity index (χ2n) is 5.84. The molecule has 1 heterocycles. The molecule has 0 bridgehead atoms. The van der Waals surface area contributed by atoms with Crippen LogP contribution < -0.4 is 10.1 Å². The van der Waals surface area contributed by atoms with Crippen molar-refractivity contribution in [1.29, 1.82) is 0 Å². The van der Waals surface area contributed by atoms with E-state index in [1.807, 2.05) is 6.07 Å². The van der Waals surface area contributed by atoms with E-state index in [-0.39, 0.29) is 42.1 Å². The van der Waals surface area contributed by atoms with Crippen molar-refractivity contribution in [3.8, 4) is 5.75 Å². The highest BCUT2D eigenvalue weighted by atomic mass is 19.4. The minimum atomic E-state index is -4.62. The second-order valence-corrected chi connectivity index (χ2v) is 5.84. The van der Waals surface area contributed by atoms with Gasteiger partial charge in [0.05, 0.1) is 5.56 Å². The Bertz CT molecular complexity index is 817. The summed E-state index contributed by atoms with van der Waals surface area (Å²) in [6, 6.07) is 9.04. The van der Waals surface area contributed by atoms with E-state index >= 15 is 0 Å². The van der Waals surface area contributed by atoms with Crippen molar-refractivity contribution >= 4 is 5.97 Å². The summed E-state index contributed by atoms with van der Waals surface area (Å²) in [6.07, 6.45) is -4.62. The summed E-state index contributed by atoms with van der Waals surface area (Å²) in [5, 5.41) is 12.4. The van der Waals surface area contributed by atoms with E-state index in [2.05, 4.69) is 5.32 Å². The summed E-state index contributed by atoms with van der Waals surface area (Å²) in [4.78, 5) is 11.7. The molecule has 0 saturated carbocycles. The molecular weight excluding hydrogens is 335 g/mol. The first kappa shape index (κ1) is 17.3. The number of rotatable bonds is 4. The molecule has 0 spiro atoms. The van der Waals surface area contributed by atoms with Gasteiger partial charge in [-0.2, -0.15) is 13.2 Å². The summed E-state index contributed by atoms with van der Waals surface area (Å²) in [5.41, 5.74) is -0.478. The van der Waals surface area contributed by atoms with Gasteiger partial charge in [-0.25, -0.2) is 4.79 Å². The lowest BCUT2D eigenvalue weighted by atomic mass is 9.92. The standard InChI is InChI=1S/C18H16F3NO3/c1-10-14(17(23)24)16(25-9-11-5-3-2-4-6-11)13-8-22-7-12(13)15(10)18(19,20)21/h2-6,22H,7-9H2,1H3,(H,23,24). The van der Waals surface area contributed by atoms with Crippen LogP contribution in [0.1, 0.15) is 38.2 Å². The Kier molecular flexibility index (Phi) is 4.43. The monoisotopic (exact) mass is 351 g/mol. The third-order valence-corrected chi connectivity index (χ3v) is 4.24. The van der Waals surface area contributed by atoms with Gasteiger partial charge in [-0.15, -0.1) is 0 Å². The molecular formula is C18H16F3NO3. The first-order chi connectivity index (χ1) is 11.8. The lowest BCUT2D eigenvalue weighted by molar-refractivity contribution is -0.138. The number of hydrogen-bond donors (Lipinski definition) is 2. The number of carboxylic acid groups (broad SMARTS) is 1. The van der Waals surface area contributed by atoms with Crippen molar-refractivity contribution < 1.29 is 27.8 Å². The van der Waals surface area contributed by atoms with Crippen LogP contribution in [0.3, 0.4) is 0 Å². The molecule has 0 aromatic heterocycles. The largest absolute Gasteiger partial charge is 0.488 e. The topological polar surface area (TPSA) is 58.6 Å². The van der Waals surface area contributed by atoms with Crippen LogP contribution in [0.5, 0.6) is 5.75 Å². The van der Waals surface area contributed by atoms with Gasteiger partial charge in [-0.3, -0.25) is 0 Å². The predicted molar refractivity (Wildman–Crippen MR) is 84.5 cm³/mol. The van der Waals surface area contributed by atoms with Crippen molar-refractivity contribution in [3.05, 3.63) is 63.7 Å². The minimum absolute atomic E-state index is 0.0156. The van der Waals surface area contributed by atoms with Crippen LogP contribution in [-0.4, -0.2) is 11.1 Å². The van der Waals surface area contributed by atoms with Gasteiger partial charge in [0.2, 0.25) is 0 Å². The molecule has 0 atom stereocenters. The summed E-state index contributed by atoms with van der Waals surface area (Å²) in [6.45, 7) is 1.44. The van der Waals surface area contributed by atoms with Gasteiger partial charge >= 0.3 is 12.1 Å². The van der Waals surface area contributed by atoms with Crippen molar-refractivity contribution in [2.75, 3.05) is 0 Å². The predicted octanol–water partition coefficient (Wildman–Crippen LogP) is 3.89. The number of nitrogens with one attached hydrogen (secondary N) is 1.